The lowest BCUT2D eigenvalue weighted by Gasteiger charge is -2.26. The predicted octanol–water partition coefficient (Wildman–Crippen LogP) is 6.11. The zero-order valence-corrected chi connectivity index (χ0v) is 20.9. The highest BCUT2D eigenvalue weighted by atomic mass is 35.5. The minimum Gasteiger partial charge on any atom is -0.496 e. The Morgan fingerprint density at radius 1 is 1.00 bits per heavy atom. The Labute approximate surface area is 218 Å². The summed E-state index contributed by atoms with van der Waals surface area (Å²) < 4.78 is 24.6. The van der Waals surface area contributed by atoms with Crippen LogP contribution in [0.3, 0.4) is 0 Å². The van der Waals surface area contributed by atoms with Gasteiger partial charge in [-0.15, -0.1) is 0 Å². The molecular formula is C26H25ClFN7O2. The number of aromatic nitrogens is 3. The SMILES string of the molecule is COc1ccc(Cl)cc1-c1ccc(/C=N/Nc2nc(Nc3ccc(F)cc3)nc(N3CCCCC3)n2)o1. The van der Waals surface area contributed by atoms with Gasteiger partial charge in [0.25, 0.3) is 0 Å². The first-order valence-corrected chi connectivity index (χ1v) is 12.2. The molecule has 0 radical (unpaired) electrons. The zero-order chi connectivity index (χ0) is 25.6. The summed E-state index contributed by atoms with van der Waals surface area (Å²) >= 11 is 6.14. The van der Waals surface area contributed by atoms with Gasteiger partial charge >= 0.3 is 0 Å². The van der Waals surface area contributed by atoms with Crippen LogP contribution in [0, 0.1) is 5.82 Å². The number of hydrogen-bond acceptors (Lipinski definition) is 9. The van der Waals surface area contributed by atoms with E-state index in [1.54, 1.807) is 43.5 Å². The summed E-state index contributed by atoms with van der Waals surface area (Å²) in [7, 11) is 1.59. The molecule has 190 valence electrons. The van der Waals surface area contributed by atoms with E-state index in [0.29, 0.717) is 39.9 Å². The average Bonchev–Trinajstić information content (AvgIpc) is 3.39. The van der Waals surface area contributed by atoms with Crippen LogP contribution in [-0.2, 0) is 0 Å². The monoisotopic (exact) mass is 521 g/mol. The lowest BCUT2D eigenvalue weighted by atomic mass is 10.1. The number of anilines is 4. The van der Waals surface area contributed by atoms with Crippen LogP contribution in [0.4, 0.5) is 27.9 Å². The fourth-order valence-electron chi connectivity index (χ4n) is 3.96. The quantitative estimate of drug-likeness (QED) is 0.211. The Morgan fingerprint density at radius 2 is 1.78 bits per heavy atom. The molecule has 0 spiro atoms. The third-order valence-corrected chi connectivity index (χ3v) is 6.01. The summed E-state index contributed by atoms with van der Waals surface area (Å²) in [6, 6.07) is 14.9. The van der Waals surface area contributed by atoms with E-state index in [2.05, 4.69) is 35.7 Å². The highest BCUT2D eigenvalue weighted by Crippen LogP contribution is 2.33. The molecule has 0 aliphatic carbocycles. The second kappa shape index (κ2) is 11.3. The van der Waals surface area contributed by atoms with Crippen LogP contribution in [0.1, 0.15) is 25.0 Å². The Balaban J connectivity index is 1.35. The van der Waals surface area contributed by atoms with Gasteiger partial charge in [0, 0.05) is 23.8 Å². The van der Waals surface area contributed by atoms with Crippen LogP contribution in [0.5, 0.6) is 5.75 Å². The summed E-state index contributed by atoms with van der Waals surface area (Å²) in [6.45, 7) is 1.73. The third-order valence-electron chi connectivity index (χ3n) is 5.77. The molecular weight excluding hydrogens is 497 g/mol. The third kappa shape index (κ3) is 6.15. The smallest absolute Gasteiger partial charge is 0.250 e. The second-order valence-corrected chi connectivity index (χ2v) is 8.82. The number of ether oxygens (including phenoxy) is 1. The molecule has 0 unspecified atom stereocenters. The standard InChI is InChI=1S/C26H25ClFN7O2/c1-36-22-11-5-17(27)15-21(22)23-12-10-20(37-23)16-29-34-25-31-24(30-19-8-6-18(28)7-9-19)32-26(33-25)35-13-3-2-4-14-35/h5-12,15-16H,2-4,13-14H2,1H3,(H2,30,31,32,33,34)/b29-16+. The molecule has 0 atom stereocenters. The Bertz CT molecular complexity index is 1390. The molecule has 37 heavy (non-hydrogen) atoms. The molecule has 1 fully saturated rings. The van der Waals surface area contributed by atoms with Crippen molar-refractivity contribution in [1.82, 2.24) is 15.0 Å². The van der Waals surface area contributed by atoms with Gasteiger partial charge in [0.1, 0.15) is 23.1 Å². The summed E-state index contributed by atoms with van der Waals surface area (Å²) in [4.78, 5) is 15.7. The minimum atomic E-state index is -0.318. The van der Waals surface area contributed by atoms with Crippen molar-refractivity contribution in [1.29, 1.82) is 0 Å². The van der Waals surface area contributed by atoms with Crippen molar-refractivity contribution >= 4 is 41.3 Å². The number of piperidine rings is 1. The minimum absolute atomic E-state index is 0.264. The lowest BCUT2D eigenvalue weighted by molar-refractivity contribution is 0.414. The van der Waals surface area contributed by atoms with Crippen molar-refractivity contribution in [3.63, 3.8) is 0 Å². The molecule has 2 N–H and O–H groups in total. The largest absolute Gasteiger partial charge is 0.496 e. The highest BCUT2D eigenvalue weighted by Gasteiger charge is 2.17. The van der Waals surface area contributed by atoms with E-state index in [1.165, 1.54) is 24.8 Å². The Morgan fingerprint density at radius 3 is 2.57 bits per heavy atom. The fraction of sp³-hybridized carbons (Fsp3) is 0.231. The number of hydrogen-bond donors (Lipinski definition) is 2. The van der Waals surface area contributed by atoms with E-state index < -0.39 is 0 Å². The fourth-order valence-corrected chi connectivity index (χ4v) is 4.13. The van der Waals surface area contributed by atoms with Gasteiger partial charge in [-0.2, -0.15) is 20.1 Å². The number of methoxy groups -OCH3 is 1. The number of hydrazone groups is 1. The predicted molar refractivity (Wildman–Crippen MR) is 142 cm³/mol. The maximum absolute atomic E-state index is 13.3. The molecule has 1 saturated heterocycles. The number of rotatable bonds is 8. The lowest BCUT2D eigenvalue weighted by Crippen LogP contribution is -2.31. The van der Waals surface area contributed by atoms with Crippen LogP contribution in [0.25, 0.3) is 11.3 Å². The molecule has 4 aromatic rings. The van der Waals surface area contributed by atoms with Crippen LogP contribution in [0.15, 0.2) is 64.1 Å². The number of benzene rings is 2. The first-order chi connectivity index (χ1) is 18.1. The van der Waals surface area contributed by atoms with Crippen LogP contribution < -0.4 is 20.4 Å². The van der Waals surface area contributed by atoms with Gasteiger partial charge < -0.3 is 19.4 Å². The van der Waals surface area contributed by atoms with Crippen LogP contribution in [0.2, 0.25) is 5.02 Å². The van der Waals surface area contributed by atoms with Crippen molar-refractivity contribution < 1.29 is 13.5 Å². The first kappa shape index (κ1) is 24.5. The normalized spacial score (nSPS) is 13.6. The molecule has 0 saturated carbocycles. The van der Waals surface area contributed by atoms with Gasteiger partial charge in [0.2, 0.25) is 17.8 Å². The molecule has 0 bridgehead atoms. The van der Waals surface area contributed by atoms with Gasteiger partial charge in [-0.3, -0.25) is 0 Å². The second-order valence-electron chi connectivity index (χ2n) is 8.38. The molecule has 5 rings (SSSR count). The van der Waals surface area contributed by atoms with Crippen molar-refractivity contribution in [3.8, 4) is 17.1 Å². The molecule has 1 aliphatic rings. The average molecular weight is 522 g/mol. The summed E-state index contributed by atoms with van der Waals surface area (Å²) in [6.07, 6.45) is 4.86. The van der Waals surface area contributed by atoms with Gasteiger partial charge in [0.05, 0.1) is 18.9 Å². The van der Waals surface area contributed by atoms with Crippen LogP contribution in [-0.4, -0.2) is 41.4 Å². The molecule has 1 aliphatic heterocycles. The Hall–Kier alpha value is -4.18. The summed E-state index contributed by atoms with van der Waals surface area (Å²) in [5, 5.41) is 7.93. The number of furan rings is 1. The highest BCUT2D eigenvalue weighted by molar-refractivity contribution is 6.30. The molecule has 2 aromatic carbocycles. The first-order valence-electron chi connectivity index (χ1n) is 11.8. The van der Waals surface area contributed by atoms with Crippen molar-refractivity contribution in [3.05, 3.63) is 71.2 Å². The van der Waals surface area contributed by atoms with E-state index in [9.17, 15) is 4.39 Å². The van der Waals surface area contributed by atoms with Gasteiger partial charge in [0.15, 0.2) is 0 Å². The number of nitrogens with zero attached hydrogens (tertiary/aromatic N) is 5. The number of nitrogens with one attached hydrogen (secondary N) is 2. The number of halogens is 2. The molecule has 0 amide bonds. The van der Waals surface area contributed by atoms with Crippen molar-refractivity contribution in [2.24, 2.45) is 5.10 Å². The van der Waals surface area contributed by atoms with Crippen LogP contribution >= 0.6 is 11.6 Å². The maximum atomic E-state index is 13.3. The van der Waals surface area contributed by atoms with E-state index in [1.807, 2.05) is 6.07 Å². The van der Waals surface area contributed by atoms with Crippen molar-refractivity contribution in [2.75, 3.05) is 35.8 Å². The van der Waals surface area contributed by atoms with Gasteiger partial charge in [-0.1, -0.05) is 11.6 Å². The molecule has 3 heterocycles. The topological polar surface area (TPSA) is 101 Å². The van der Waals surface area contributed by atoms with Crippen molar-refractivity contribution in [2.45, 2.75) is 19.3 Å². The summed E-state index contributed by atoms with van der Waals surface area (Å²) in [5.41, 5.74) is 4.26. The molecule has 2 aromatic heterocycles. The maximum Gasteiger partial charge on any atom is 0.250 e. The molecule has 11 heteroatoms. The van der Waals surface area contributed by atoms with E-state index in [-0.39, 0.29) is 11.8 Å². The Kier molecular flexibility index (Phi) is 7.46. The van der Waals surface area contributed by atoms with E-state index >= 15 is 0 Å². The van der Waals surface area contributed by atoms with E-state index in [4.69, 9.17) is 20.8 Å². The van der Waals surface area contributed by atoms with Gasteiger partial charge in [-0.05, 0) is 73.9 Å². The van der Waals surface area contributed by atoms with E-state index in [0.717, 1.165) is 31.5 Å². The summed E-state index contributed by atoms with van der Waals surface area (Å²) in [5.74, 6) is 2.58. The zero-order valence-electron chi connectivity index (χ0n) is 20.1. The molecule has 9 nitrogen and oxygen atoms in total. The van der Waals surface area contributed by atoms with Gasteiger partial charge in [-0.25, -0.2) is 9.82 Å².